The predicted octanol–water partition coefficient (Wildman–Crippen LogP) is 6.05. The highest BCUT2D eigenvalue weighted by atomic mass is 16.5. The molecule has 1 saturated heterocycles. The molecule has 2 bridgehead atoms. The Balaban J connectivity index is 1.45. The lowest BCUT2D eigenvalue weighted by molar-refractivity contribution is -0.254. The van der Waals surface area contributed by atoms with E-state index >= 15 is 0 Å². The summed E-state index contributed by atoms with van der Waals surface area (Å²) in [6.07, 6.45) is 7.71. The Kier molecular flexibility index (Phi) is 8.86. The molecular weight excluding hydrogens is 606 g/mol. The van der Waals surface area contributed by atoms with Crippen molar-refractivity contribution in [3.8, 4) is 0 Å². The van der Waals surface area contributed by atoms with Gasteiger partial charge in [0.2, 0.25) is 0 Å². The molecule has 5 aliphatic rings. The second-order valence-electron chi connectivity index (χ2n) is 18.7. The van der Waals surface area contributed by atoms with E-state index in [0.29, 0.717) is 43.4 Å². The zero-order valence-electron chi connectivity index (χ0n) is 31.3. The summed E-state index contributed by atoms with van der Waals surface area (Å²) in [7, 11) is 0. The second-order valence-corrected chi connectivity index (χ2v) is 18.7. The SMILES string of the molecule is CC(C)[C@@H](C)[C@@]1(C)CC[C@]2(C)[C@H]3CC[C@@H]4[C@@]5(COC[C@@]4(C)[C@@H](OC[C@](C)(N)C(C)C)[C@H](n4nnc(CO)n4)C5)C3=CC[C@@]2(C)C1C(=O)O. The zero-order valence-corrected chi connectivity index (χ0v) is 31.3. The van der Waals surface area contributed by atoms with E-state index in [2.05, 4.69) is 83.8 Å². The Morgan fingerprint density at radius 1 is 1.12 bits per heavy atom. The lowest BCUT2D eigenvalue weighted by atomic mass is 9.34. The molecule has 48 heavy (non-hydrogen) atoms. The van der Waals surface area contributed by atoms with E-state index in [4.69, 9.17) is 15.2 Å². The van der Waals surface area contributed by atoms with Gasteiger partial charge < -0.3 is 25.4 Å². The Bertz CT molecular complexity index is 1430. The Morgan fingerprint density at radius 2 is 1.83 bits per heavy atom. The summed E-state index contributed by atoms with van der Waals surface area (Å²) in [6.45, 7) is 23.7. The van der Waals surface area contributed by atoms with Gasteiger partial charge in [-0.3, -0.25) is 4.79 Å². The molecule has 10 heteroatoms. The van der Waals surface area contributed by atoms with Crippen molar-refractivity contribution < 1.29 is 24.5 Å². The van der Waals surface area contributed by atoms with Gasteiger partial charge in [0.25, 0.3) is 0 Å². The van der Waals surface area contributed by atoms with Gasteiger partial charge in [-0.25, -0.2) is 0 Å². The molecular formula is C38H63N5O5. The van der Waals surface area contributed by atoms with Gasteiger partial charge in [-0.15, -0.1) is 10.2 Å². The maximum absolute atomic E-state index is 13.4. The second kappa shape index (κ2) is 11.8. The molecule has 0 aromatic carbocycles. The molecule has 0 amide bonds. The van der Waals surface area contributed by atoms with Crippen LogP contribution in [0.15, 0.2) is 11.6 Å². The van der Waals surface area contributed by atoms with E-state index in [-0.39, 0.29) is 57.7 Å². The summed E-state index contributed by atoms with van der Waals surface area (Å²) in [5, 5.41) is 34.2. The summed E-state index contributed by atoms with van der Waals surface area (Å²) < 4.78 is 13.6. The third kappa shape index (κ3) is 4.92. The van der Waals surface area contributed by atoms with E-state index in [0.717, 1.165) is 38.5 Å². The maximum Gasteiger partial charge on any atom is 0.307 e. The number of aliphatic carboxylic acids is 1. The number of fused-ring (bicyclic) bond motifs is 3. The van der Waals surface area contributed by atoms with Crippen LogP contribution in [0.2, 0.25) is 0 Å². The molecule has 0 radical (unpaired) electrons. The minimum absolute atomic E-state index is 0.166. The van der Waals surface area contributed by atoms with Gasteiger partial charge in [-0.2, -0.15) is 4.80 Å². The van der Waals surface area contributed by atoms with E-state index in [1.165, 1.54) is 5.57 Å². The van der Waals surface area contributed by atoms with E-state index in [1.54, 1.807) is 4.80 Å². The number of carboxylic acids is 1. The summed E-state index contributed by atoms with van der Waals surface area (Å²) >= 11 is 0. The number of carboxylic acid groups (broad SMARTS) is 1. The number of nitrogens with zero attached hydrogens (tertiary/aromatic N) is 4. The van der Waals surface area contributed by atoms with Crippen LogP contribution in [0.4, 0.5) is 0 Å². The smallest absolute Gasteiger partial charge is 0.307 e. The number of allylic oxidation sites excluding steroid dienone is 1. The molecule has 10 nitrogen and oxygen atoms in total. The first kappa shape index (κ1) is 35.9. The van der Waals surface area contributed by atoms with Crippen molar-refractivity contribution >= 4 is 5.97 Å². The quantitative estimate of drug-likeness (QED) is 0.267. The largest absolute Gasteiger partial charge is 0.481 e. The van der Waals surface area contributed by atoms with Crippen LogP contribution in [-0.2, 0) is 20.9 Å². The minimum atomic E-state index is -0.640. The number of nitrogens with two attached hydrogens (primary N) is 1. The standard InChI is InChI=1S/C38H63N5O5/c1-22(2)24(5)33(6)15-16-35(8)25-11-12-28-34(7)19-47-21-38(28,26(25)13-14-36(35,9)30(33)32(45)46)17-27(43-41-29(18-44)40-42-43)31(34)48-20-37(10,39)23(3)4/h13,22-25,27-28,30-31,44H,11-12,14-21,39H2,1-10H3,(H,45,46)/t24-,25+,27-,28+,30?,31+,33-,34-,35-,36+,37+,38+/m1/s1. The third-order valence-electron chi connectivity index (χ3n) is 15.9. The topological polar surface area (TPSA) is 146 Å². The fourth-order valence-corrected chi connectivity index (χ4v) is 12.0. The molecule has 12 atom stereocenters. The number of aliphatic hydroxyl groups excluding tert-OH is 1. The number of tetrazole rings is 1. The molecule has 3 saturated carbocycles. The summed E-state index contributed by atoms with van der Waals surface area (Å²) in [5.74, 6) is 0.760. The van der Waals surface area contributed by atoms with Crippen LogP contribution in [0.3, 0.4) is 0 Å². The highest BCUT2D eigenvalue weighted by Crippen LogP contribution is 2.75. The molecule has 1 unspecified atom stereocenters. The molecule has 2 heterocycles. The lowest BCUT2D eigenvalue weighted by Gasteiger charge is -2.71. The van der Waals surface area contributed by atoms with Crippen molar-refractivity contribution in [3.05, 3.63) is 17.5 Å². The Hall–Kier alpha value is -1.88. The van der Waals surface area contributed by atoms with Crippen LogP contribution in [0, 0.1) is 62.6 Å². The number of carbonyl (C=O) groups is 1. The van der Waals surface area contributed by atoms with Gasteiger partial charge in [0, 0.05) is 16.4 Å². The summed E-state index contributed by atoms with van der Waals surface area (Å²) in [6, 6.07) is -0.222. The average Bonchev–Trinajstić information content (AvgIpc) is 3.49. The third-order valence-corrected chi connectivity index (χ3v) is 15.9. The minimum Gasteiger partial charge on any atom is -0.481 e. The van der Waals surface area contributed by atoms with Crippen molar-refractivity contribution in [3.63, 3.8) is 0 Å². The van der Waals surface area contributed by atoms with E-state index < -0.39 is 17.4 Å². The predicted molar refractivity (Wildman–Crippen MR) is 184 cm³/mol. The molecule has 1 aliphatic heterocycles. The number of hydrogen-bond acceptors (Lipinski definition) is 8. The molecule has 1 aromatic rings. The monoisotopic (exact) mass is 669 g/mol. The Morgan fingerprint density at radius 3 is 2.44 bits per heavy atom. The van der Waals surface area contributed by atoms with Crippen molar-refractivity contribution in [1.82, 2.24) is 20.2 Å². The highest BCUT2D eigenvalue weighted by molar-refractivity contribution is 5.73. The number of aliphatic hydroxyl groups is 1. The molecule has 4 N–H and O–H groups in total. The Labute approximate surface area is 288 Å². The molecule has 4 fully saturated rings. The fourth-order valence-electron chi connectivity index (χ4n) is 12.0. The van der Waals surface area contributed by atoms with Crippen molar-refractivity contribution in [2.24, 2.45) is 68.3 Å². The molecule has 4 aliphatic carbocycles. The van der Waals surface area contributed by atoms with Gasteiger partial charge in [0.1, 0.15) is 12.6 Å². The fraction of sp³-hybridized carbons (Fsp3) is 0.895. The summed E-state index contributed by atoms with van der Waals surface area (Å²) in [4.78, 5) is 15.1. The first-order chi connectivity index (χ1) is 22.3. The average molecular weight is 670 g/mol. The van der Waals surface area contributed by atoms with Crippen LogP contribution in [0.25, 0.3) is 0 Å². The number of aromatic nitrogens is 4. The number of rotatable bonds is 9. The van der Waals surface area contributed by atoms with Crippen LogP contribution in [-0.4, -0.2) is 67.9 Å². The van der Waals surface area contributed by atoms with Crippen LogP contribution in [0.5, 0.6) is 0 Å². The molecule has 270 valence electrons. The molecule has 1 aromatic heterocycles. The van der Waals surface area contributed by atoms with E-state index in [1.807, 2.05) is 6.92 Å². The van der Waals surface area contributed by atoms with Crippen LogP contribution in [0.1, 0.15) is 120 Å². The van der Waals surface area contributed by atoms with E-state index in [9.17, 15) is 15.0 Å². The highest BCUT2D eigenvalue weighted by Gasteiger charge is 2.72. The van der Waals surface area contributed by atoms with Crippen molar-refractivity contribution in [1.29, 1.82) is 0 Å². The normalized spacial score (nSPS) is 44.3. The van der Waals surface area contributed by atoms with Gasteiger partial charge in [0.15, 0.2) is 5.82 Å². The molecule has 6 rings (SSSR count). The van der Waals surface area contributed by atoms with Gasteiger partial charge in [-0.1, -0.05) is 74.0 Å². The van der Waals surface area contributed by atoms with Gasteiger partial charge in [-0.05, 0) is 96.5 Å². The summed E-state index contributed by atoms with van der Waals surface area (Å²) in [5.41, 5.74) is 6.30. The maximum atomic E-state index is 13.4. The lowest BCUT2D eigenvalue weighted by Crippen LogP contribution is -2.69. The van der Waals surface area contributed by atoms with Crippen LogP contribution < -0.4 is 5.73 Å². The van der Waals surface area contributed by atoms with Crippen molar-refractivity contribution in [2.45, 2.75) is 132 Å². The van der Waals surface area contributed by atoms with Gasteiger partial charge >= 0.3 is 5.97 Å². The number of hydrogen-bond donors (Lipinski definition) is 3. The first-order valence-corrected chi connectivity index (χ1v) is 18.6. The van der Waals surface area contributed by atoms with Crippen molar-refractivity contribution in [2.75, 3.05) is 19.8 Å². The zero-order chi connectivity index (χ0) is 35.2. The van der Waals surface area contributed by atoms with Gasteiger partial charge in [0.05, 0.1) is 31.8 Å². The number of ether oxygens (including phenoxy) is 2. The van der Waals surface area contributed by atoms with Crippen LogP contribution >= 0.6 is 0 Å². The first-order valence-electron chi connectivity index (χ1n) is 18.6. The molecule has 0 spiro atoms.